The van der Waals surface area contributed by atoms with E-state index in [1.165, 1.54) is 43.2 Å². The molecule has 0 heterocycles. The molecule has 0 radical (unpaired) electrons. The van der Waals surface area contributed by atoms with Crippen molar-refractivity contribution in [1.29, 1.82) is 0 Å². The van der Waals surface area contributed by atoms with Crippen molar-refractivity contribution in [3.63, 3.8) is 0 Å². The molecule has 1 heteroatoms. The molecule has 1 N–H and O–H groups in total. The lowest BCUT2D eigenvalue weighted by Gasteiger charge is -2.17. The maximum Gasteiger partial charge on any atom is 0.00171 e. The molecule has 0 spiro atoms. The van der Waals surface area contributed by atoms with Crippen LogP contribution in [0, 0.1) is 6.92 Å². The van der Waals surface area contributed by atoms with E-state index in [1.54, 1.807) is 0 Å². The topological polar surface area (TPSA) is 12.0 Å². The van der Waals surface area contributed by atoms with Crippen LogP contribution in [0.3, 0.4) is 0 Å². The average molecular weight is 233 g/mol. The molecule has 0 fully saturated rings. The second kappa shape index (κ2) is 8.30. The fourth-order valence-corrected chi connectivity index (χ4v) is 2.29. The number of aryl methyl sites for hydroxylation is 1. The van der Waals surface area contributed by atoms with Crippen LogP contribution in [0.2, 0.25) is 0 Å². The molecule has 0 amide bonds. The van der Waals surface area contributed by atoms with Gasteiger partial charge < -0.3 is 5.32 Å². The number of hydrogen-bond acceptors (Lipinski definition) is 1. The zero-order chi connectivity index (χ0) is 12.5. The third kappa shape index (κ3) is 5.36. The third-order valence-corrected chi connectivity index (χ3v) is 3.41. The molecule has 1 unspecified atom stereocenters. The Morgan fingerprint density at radius 1 is 1.06 bits per heavy atom. The molecule has 1 rings (SSSR count). The molecule has 0 aliphatic heterocycles. The average Bonchev–Trinajstić information content (AvgIpc) is 2.34. The number of benzene rings is 1. The first-order valence-electron chi connectivity index (χ1n) is 6.99. The van der Waals surface area contributed by atoms with E-state index in [4.69, 9.17) is 0 Å². The van der Waals surface area contributed by atoms with Crippen molar-refractivity contribution in [2.75, 3.05) is 13.6 Å². The molecular weight excluding hydrogens is 206 g/mol. The highest BCUT2D eigenvalue weighted by molar-refractivity contribution is 5.24. The van der Waals surface area contributed by atoms with E-state index in [9.17, 15) is 0 Å². The summed E-state index contributed by atoms with van der Waals surface area (Å²) in [7, 11) is 2.05. The zero-order valence-corrected chi connectivity index (χ0v) is 11.6. The minimum absolute atomic E-state index is 0.678. The van der Waals surface area contributed by atoms with Crippen LogP contribution >= 0.6 is 0 Å². The lowest BCUT2D eigenvalue weighted by molar-refractivity contribution is 0.533. The number of nitrogens with one attached hydrogen (secondary N) is 1. The van der Waals surface area contributed by atoms with Gasteiger partial charge in [-0.3, -0.25) is 0 Å². The zero-order valence-electron chi connectivity index (χ0n) is 11.6. The molecule has 1 nitrogen and oxygen atoms in total. The van der Waals surface area contributed by atoms with E-state index < -0.39 is 0 Å². The van der Waals surface area contributed by atoms with Crippen LogP contribution in [0.15, 0.2) is 24.3 Å². The normalized spacial score (nSPS) is 12.6. The Morgan fingerprint density at radius 3 is 2.35 bits per heavy atom. The Labute approximate surface area is 107 Å². The van der Waals surface area contributed by atoms with Crippen LogP contribution in [-0.4, -0.2) is 13.6 Å². The van der Waals surface area contributed by atoms with E-state index in [2.05, 4.69) is 43.4 Å². The van der Waals surface area contributed by atoms with Crippen molar-refractivity contribution in [2.24, 2.45) is 0 Å². The van der Waals surface area contributed by atoms with Crippen LogP contribution in [-0.2, 0) is 0 Å². The summed E-state index contributed by atoms with van der Waals surface area (Å²) in [6.45, 7) is 5.51. The van der Waals surface area contributed by atoms with E-state index in [0.717, 1.165) is 6.54 Å². The van der Waals surface area contributed by atoms with Gasteiger partial charge in [0.05, 0.1) is 0 Å². The van der Waals surface area contributed by atoms with Gasteiger partial charge in [0, 0.05) is 6.54 Å². The molecule has 1 aromatic carbocycles. The number of likely N-dealkylation sites (N-methyl/N-ethyl adjacent to an activating group) is 1. The molecule has 0 saturated heterocycles. The van der Waals surface area contributed by atoms with Crippen molar-refractivity contribution in [2.45, 2.75) is 51.9 Å². The first-order chi connectivity index (χ1) is 8.27. The maximum absolute atomic E-state index is 3.32. The summed E-state index contributed by atoms with van der Waals surface area (Å²) >= 11 is 0. The second-order valence-electron chi connectivity index (χ2n) is 5.01. The first kappa shape index (κ1) is 14.2. The van der Waals surface area contributed by atoms with Gasteiger partial charge in [0.15, 0.2) is 0 Å². The minimum Gasteiger partial charge on any atom is -0.319 e. The lowest BCUT2D eigenvalue weighted by atomic mass is 9.92. The summed E-state index contributed by atoms with van der Waals surface area (Å²) in [5, 5.41) is 3.32. The summed E-state index contributed by atoms with van der Waals surface area (Å²) in [4.78, 5) is 0. The smallest absolute Gasteiger partial charge is 0.00171 e. The lowest BCUT2D eigenvalue weighted by Crippen LogP contribution is -2.17. The van der Waals surface area contributed by atoms with Crippen LogP contribution < -0.4 is 5.32 Å². The van der Waals surface area contributed by atoms with Gasteiger partial charge in [0.25, 0.3) is 0 Å². The van der Waals surface area contributed by atoms with Crippen molar-refractivity contribution in [3.8, 4) is 0 Å². The van der Waals surface area contributed by atoms with Crippen LogP contribution in [0.5, 0.6) is 0 Å². The number of hydrogen-bond donors (Lipinski definition) is 1. The van der Waals surface area contributed by atoms with Crippen LogP contribution in [0.4, 0.5) is 0 Å². The van der Waals surface area contributed by atoms with Crippen molar-refractivity contribution < 1.29 is 0 Å². The van der Waals surface area contributed by atoms with Gasteiger partial charge in [-0.1, -0.05) is 62.4 Å². The molecule has 0 saturated carbocycles. The largest absolute Gasteiger partial charge is 0.319 e. The molecule has 0 aliphatic carbocycles. The predicted molar refractivity (Wildman–Crippen MR) is 76.6 cm³/mol. The van der Waals surface area contributed by atoms with Gasteiger partial charge in [0.1, 0.15) is 0 Å². The summed E-state index contributed by atoms with van der Waals surface area (Å²) in [5.41, 5.74) is 2.84. The summed E-state index contributed by atoms with van der Waals surface area (Å²) in [6, 6.07) is 9.03. The molecular formula is C16H27N. The Morgan fingerprint density at radius 2 is 1.76 bits per heavy atom. The highest BCUT2D eigenvalue weighted by atomic mass is 14.8. The molecule has 1 aromatic rings. The van der Waals surface area contributed by atoms with Gasteiger partial charge in [-0.2, -0.15) is 0 Å². The van der Waals surface area contributed by atoms with E-state index in [-0.39, 0.29) is 0 Å². The molecule has 17 heavy (non-hydrogen) atoms. The first-order valence-corrected chi connectivity index (χ1v) is 6.99. The van der Waals surface area contributed by atoms with E-state index in [1.807, 2.05) is 7.05 Å². The predicted octanol–water partition coefficient (Wildman–Crippen LogP) is 4.27. The SMILES string of the molecule is CCCCCCC(CNC)c1ccc(C)cc1. The molecule has 1 atom stereocenters. The van der Waals surface area contributed by atoms with Crippen molar-refractivity contribution in [1.82, 2.24) is 5.32 Å². The van der Waals surface area contributed by atoms with Gasteiger partial charge in [-0.05, 0) is 31.9 Å². The van der Waals surface area contributed by atoms with Gasteiger partial charge in [-0.25, -0.2) is 0 Å². The van der Waals surface area contributed by atoms with Crippen molar-refractivity contribution >= 4 is 0 Å². The third-order valence-electron chi connectivity index (χ3n) is 3.41. The van der Waals surface area contributed by atoms with Crippen molar-refractivity contribution in [3.05, 3.63) is 35.4 Å². The highest BCUT2D eigenvalue weighted by Crippen LogP contribution is 2.22. The Hall–Kier alpha value is -0.820. The fraction of sp³-hybridized carbons (Fsp3) is 0.625. The standard InChI is InChI=1S/C16H27N/c1-4-5-6-7-8-16(13-17-3)15-11-9-14(2)10-12-15/h9-12,16-17H,4-8,13H2,1-3H3. The Balaban J connectivity index is 2.49. The highest BCUT2D eigenvalue weighted by Gasteiger charge is 2.09. The summed E-state index contributed by atoms with van der Waals surface area (Å²) in [6.07, 6.45) is 6.74. The van der Waals surface area contributed by atoms with Crippen LogP contribution in [0.25, 0.3) is 0 Å². The minimum atomic E-state index is 0.678. The maximum atomic E-state index is 3.32. The molecule has 0 aromatic heterocycles. The Kier molecular flexibility index (Phi) is 6.95. The van der Waals surface area contributed by atoms with Gasteiger partial charge in [0.2, 0.25) is 0 Å². The second-order valence-corrected chi connectivity index (χ2v) is 5.01. The fourth-order valence-electron chi connectivity index (χ4n) is 2.29. The number of rotatable bonds is 8. The molecule has 0 bridgehead atoms. The van der Waals surface area contributed by atoms with Crippen LogP contribution in [0.1, 0.15) is 56.1 Å². The Bertz CT molecular complexity index is 289. The summed E-state index contributed by atoms with van der Waals surface area (Å²) in [5.74, 6) is 0.678. The van der Waals surface area contributed by atoms with Gasteiger partial charge in [-0.15, -0.1) is 0 Å². The number of unbranched alkanes of at least 4 members (excludes halogenated alkanes) is 3. The summed E-state index contributed by atoms with van der Waals surface area (Å²) < 4.78 is 0. The quantitative estimate of drug-likeness (QED) is 0.661. The molecule has 96 valence electrons. The van der Waals surface area contributed by atoms with E-state index >= 15 is 0 Å². The van der Waals surface area contributed by atoms with Gasteiger partial charge >= 0.3 is 0 Å². The monoisotopic (exact) mass is 233 g/mol. The van der Waals surface area contributed by atoms with E-state index in [0.29, 0.717) is 5.92 Å². The molecule has 0 aliphatic rings.